The van der Waals surface area contributed by atoms with Crippen LogP contribution in [-0.2, 0) is 9.59 Å². The highest BCUT2D eigenvalue weighted by Crippen LogP contribution is 2.20. The van der Waals surface area contributed by atoms with Crippen molar-refractivity contribution >= 4 is 11.9 Å². The molecule has 1 heterocycles. The molecule has 0 aromatic carbocycles. The average molecular weight is 436 g/mol. The normalized spacial score (nSPS) is 16.4. The van der Waals surface area contributed by atoms with Gasteiger partial charge in [-0.25, -0.2) is 4.79 Å². The second-order valence-corrected chi connectivity index (χ2v) is 9.33. The lowest BCUT2D eigenvalue weighted by molar-refractivity contribution is -0.148. The number of rotatable bonds is 20. The molecule has 0 aromatic rings. The SMILES string of the molecule is CCCCCCCC/C=C\CCCCCCCCCCCC(=O)N1CCC[C@H]1C(=O)O. The number of unbranched alkanes of at least 4 members (excludes halogenated alkanes) is 15. The highest BCUT2D eigenvalue weighted by Gasteiger charge is 2.33. The Bertz CT molecular complexity index is 489. The summed E-state index contributed by atoms with van der Waals surface area (Å²) in [6.07, 6.45) is 28.6. The first-order chi connectivity index (χ1) is 15.2. The maximum absolute atomic E-state index is 12.2. The predicted molar refractivity (Wildman–Crippen MR) is 130 cm³/mol. The van der Waals surface area contributed by atoms with E-state index in [1.807, 2.05) is 0 Å². The van der Waals surface area contributed by atoms with Gasteiger partial charge in [0, 0.05) is 13.0 Å². The van der Waals surface area contributed by atoms with Crippen LogP contribution in [0.2, 0.25) is 0 Å². The van der Waals surface area contributed by atoms with Crippen LogP contribution in [0.3, 0.4) is 0 Å². The van der Waals surface area contributed by atoms with Crippen LogP contribution in [0.4, 0.5) is 0 Å². The van der Waals surface area contributed by atoms with E-state index in [4.69, 9.17) is 5.11 Å². The van der Waals surface area contributed by atoms with Crippen molar-refractivity contribution in [3.8, 4) is 0 Å². The number of carboxylic acids is 1. The van der Waals surface area contributed by atoms with E-state index in [-0.39, 0.29) is 5.91 Å². The van der Waals surface area contributed by atoms with Crippen LogP contribution in [0, 0.1) is 0 Å². The number of hydrogen-bond acceptors (Lipinski definition) is 2. The van der Waals surface area contributed by atoms with Gasteiger partial charge in [-0.1, -0.05) is 96.1 Å². The Hall–Kier alpha value is -1.32. The molecule has 0 bridgehead atoms. The fraction of sp³-hybridized carbons (Fsp3) is 0.852. The van der Waals surface area contributed by atoms with E-state index in [1.54, 1.807) is 4.90 Å². The van der Waals surface area contributed by atoms with Crippen LogP contribution < -0.4 is 0 Å². The standard InChI is InChI=1S/C27H49NO3/c1-2-3-4-5-6-7-8-9-10-11-12-13-14-15-16-17-18-19-20-23-26(29)28-24-21-22-25(28)27(30)31/h9-10,25H,2-8,11-24H2,1H3,(H,30,31)/b10-9-/t25-/m0/s1. The average Bonchev–Trinajstić information content (AvgIpc) is 3.26. The third kappa shape index (κ3) is 14.4. The quantitative estimate of drug-likeness (QED) is 0.158. The van der Waals surface area contributed by atoms with Crippen molar-refractivity contribution in [2.45, 2.75) is 141 Å². The first kappa shape index (κ1) is 27.7. The molecule has 0 radical (unpaired) electrons. The molecule has 1 rings (SSSR count). The van der Waals surface area contributed by atoms with E-state index in [0.29, 0.717) is 19.4 Å². The van der Waals surface area contributed by atoms with Gasteiger partial charge in [0.2, 0.25) is 5.91 Å². The first-order valence-electron chi connectivity index (χ1n) is 13.3. The molecular formula is C27H49NO3. The van der Waals surface area contributed by atoms with Gasteiger partial charge in [0.15, 0.2) is 0 Å². The molecule has 0 unspecified atom stereocenters. The molecule has 0 spiro atoms. The summed E-state index contributed by atoms with van der Waals surface area (Å²) in [4.78, 5) is 24.9. The molecule has 0 aromatic heterocycles. The Morgan fingerprint density at radius 2 is 1.26 bits per heavy atom. The van der Waals surface area contributed by atoms with E-state index in [1.165, 1.54) is 96.3 Å². The van der Waals surface area contributed by atoms with Crippen molar-refractivity contribution in [1.82, 2.24) is 4.90 Å². The number of aliphatic carboxylic acids is 1. The predicted octanol–water partition coefficient (Wildman–Crippen LogP) is 7.66. The van der Waals surface area contributed by atoms with E-state index in [2.05, 4.69) is 19.1 Å². The Labute approximate surface area is 191 Å². The molecule has 0 saturated carbocycles. The fourth-order valence-corrected chi connectivity index (χ4v) is 4.52. The van der Waals surface area contributed by atoms with Crippen LogP contribution in [-0.4, -0.2) is 34.5 Å². The van der Waals surface area contributed by atoms with Gasteiger partial charge in [0.05, 0.1) is 0 Å². The number of carbonyl (C=O) groups excluding carboxylic acids is 1. The van der Waals surface area contributed by atoms with Gasteiger partial charge in [0.25, 0.3) is 0 Å². The van der Waals surface area contributed by atoms with Crippen LogP contribution in [0.15, 0.2) is 12.2 Å². The molecule has 0 aliphatic carbocycles. The smallest absolute Gasteiger partial charge is 0.326 e. The second kappa shape index (κ2) is 19.4. The van der Waals surface area contributed by atoms with Crippen LogP contribution in [0.1, 0.15) is 135 Å². The largest absolute Gasteiger partial charge is 0.480 e. The summed E-state index contributed by atoms with van der Waals surface area (Å²) < 4.78 is 0. The zero-order valence-electron chi connectivity index (χ0n) is 20.3. The maximum Gasteiger partial charge on any atom is 0.326 e. The van der Waals surface area contributed by atoms with Crippen LogP contribution in [0.25, 0.3) is 0 Å². The van der Waals surface area contributed by atoms with Crippen molar-refractivity contribution < 1.29 is 14.7 Å². The van der Waals surface area contributed by atoms with Crippen molar-refractivity contribution in [2.75, 3.05) is 6.54 Å². The monoisotopic (exact) mass is 435 g/mol. The van der Waals surface area contributed by atoms with Gasteiger partial charge in [-0.3, -0.25) is 4.79 Å². The van der Waals surface area contributed by atoms with E-state index >= 15 is 0 Å². The first-order valence-corrected chi connectivity index (χ1v) is 13.3. The van der Waals surface area contributed by atoms with Crippen LogP contribution in [0.5, 0.6) is 0 Å². The van der Waals surface area contributed by atoms with E-state index in [0.717, 1.165) is 19.3 Å². The lowest BCUT2D eigenvalue weighted by atomic mass is 10.0. The van der Waals surface area contributed by atoms with Crippen molar-refractivity contribution in [3.05, 3.63) is 12.2 Å². The molecule has 1 saturated heterocycles. The zero-order chi connectivity index (χ0) is 22.6. The molecule has 1 aliphatic rings. The van der Waals surface area contributed by atoms with E-state index < -0.39 is 12.0 Å². The van der Waals surface area contributed by atoms with Crippen LogP contribution >= 0.6 is 0 Å². The molecule has 180 valence electrons. The Kier molecular flexibility index (Phi) is 17.3. The van der Waals surface area contributed by atoms with Crippen molar-refractivity contribution in [1.29, 1.82) is 0 Å². The fourth-order valence-electron chi connectivity index (χ4n) is 4.52. The molecule has 1 aliphatic heterocycles. The Balaban J connectivity index is 1.81. The number of allylic oxidation sites excluding steroid dienone is 2. The van der Waals surface area contributed by atoms with Gasteiger partial charge in [-0.2, -0.15) is 0 Å². The Morgan fingerprint density at radius 3 is 1.77 bits per heavy atom. The van der Waals surface area contributed by atoms with Crippen molar-refractivity contribution in [3.63, 3.8) is 0 Å². The molecule has 4 heteroatoms. The summed E-state index contributed by atoms with van der Waals surface area (Å²) in [5, 5.41) is 9.17. The molecule has 1 N–H and O–H groups in total. The minimum Gasteiger partial charge on any atom is -0.480 e. The number of carbonyl (C=O) groups is 2. The number of nitrogens with zero attached hydrogens (tertiary/aromatic N) is 1. The molecular weight excluding hydrogens is 386 g/mol. The zero-order valence-corrected chi connectivity index (χ0v) is 20.3. The summed E-state index contributed by atoms with van der Waals surface area (Å²) in [6, 6.07) is -0.580. The maximum atomic E-state index is 12.2. The minimum atomic E-state index is -0.852. The molecule has 31 heavy (non-hydrogen) atoms. The van der Waals surface area contributed by atoms with Gasteiger partial charge in [-0.05, 0) is 44.9 Å². The lowest BCUT2D eigenvalue weighted by Crippen LogP contribution is -2.40. The molecule has 4 nitrogen and oxygen atoms in total. The van der Waals surface area contributed by atoms with Gasteiger partial charge >= 0.3 is 5.97 Å². The third-order valence-corrected chi connectivity index (χ3v) is 6.51. The highest BCUT2D eigenvalue weighted by molar-refractivity contribution is 5.84. The molecule has 1 atom stereocenters. The number of hydrogen-bond donors (Lipinski definition) is 1. The van der Waals surface area contributed by atoms with Gasteiger partial charge in [-0.15, -0.1) is 0 Å². The lowest BCUT2D eigenvalue weighted by Gasteiger charge is -2.21. The number of likely N-dealkylation sites (tertiary alicyclic amines) is 1. The van der Waals surface area contributed by atoms with Gasteiger partial charge < -0.3 is 10.0 Å². The summed E-state index contributed by atoms with van der Waals surface area (Å²) in [6.45, 7) is 2.89. The third-order valence-electron chi connectivity index (χ3n) is 6.51. The van der Waals surface area contributed by atoms with E-state index in [9.17, 15) is 9.59 Å². The molecule has 1 amide bonds. The summed E-state index contributed by atoms with van der Waals surface area (Å²) in [5.74, 6) is -0.819. The number of carboxylic acid groups (broad SMARTS) is 1. The minimum absolute atomic E-state index is 0.0333. The summed E-state index contributed by atoms with van der Waals surface area (Å²) in [5.41, 5.74) is 0. The summed E-state index contributed by atoms with van der Waals surface area (Å²) in [7, 11) is 0. The highest BCUT2D eigenvalue weighted by atomic mass is 16.4. The topological polar surface area (TPSA) is 57.6 Å². The van der Waals surface area contributed by atoms with Gasteiger partial charge in [0.1, 0.15) is 6.04 Å². The number of amides is 1. The molecule has 1 fully saturated rings. The summed E-state index contributed by atoms with van der Waals surface area (Å²) >= 11 is 0. The van der Waals surface area contributed by atoms with Crippen molar-refractivity contribution in [2.24, 2.45) is 0 Å². The Morgan fingerprint density at radius 1 is 0.774 bits per heavy atom. The second-order valence-electron chi connectivity index (χ2n) is 9.33.